The van der Waals surface area contributed by atoms with E-state index in [4.69, 9.17) is 9.47 Å². The van der Waals surface area contributed by atoms with Gasteiger partial charge in [-0.25, -0.2) is 0 Å². The van der Waals surface area contributed by atoms with Crippen LogP contribution in [-0.2, 0) is 15.9 Å². The van der Waals surface area contributed by atoms with Crippen LogP contribution in [0.15, 0.2) is 24.3 Å². The van der Waals surface area contributed by atoms with E-state index in [-0.39, 0.29) is 6.10 Å². The van der Waals surface area contributed by atoms with Crippen molar-refractivity contribution in [3.63, 3.8) is 0 Å². The van der Waals surface area contributed by atoms with Crippen LogP contribution in [0.2, 0.25) is 0 Å². The van der Waals surface area contributed by atoms with Gasteiger partial charge in [-0.2, -0.15) is 0 Å². The van der Waals surface area contributed by atoms with Crippen molar-refractivity contribution in [2.45, 2.75) is 37.9 Å². The molecule has 1 N–H and O–H groups in total. The average Bonchev–Trinajstić information content (AvgIpc) is 2.90. The number of ether oxygens (including phenoxy) is 2. The summed E-state index contributed by atoms with van der Waals surface area (Å²) in [6, 6.07) is 8.18. The van der Waals surface area contributed by atoms with Crippen LogP contribution in [0, 0.1) is 5.92 Å². The van der Waals surface area contributed by atoms with E-state index in [0.717, 1.165) is 44.5 Å². The van der Waals surface area contributed by atoms with Crippen molar-refractivity contribution in [2.75, 3.05) is 19.8 Å². The zero-order valence-corrected chi connectivity index (χ0v) is 11.3. The summed E-state index contributed by atoms with van der Waals surface area (Å²) in [5, 5.41) is 10.5. The first-order valence-electron chi connectivity index (χ1n) is 7.30. The van der Waals surface area contributed by atoms with Gasteiger partial charge in [0.25, 0.3) is 0 Å². The number of benzene rings is 1. The Kier molecular flexibility index (Phi) is 4.16. The van der Waals surface area contributed by atoms with Crippen molar-refractivity contribution in [3.8, 4) is 0 Å². The summed E-state index contributed by atoms with van der Waals surface area (Å²) < 4.78 is 11.3. The predicted octanol–water partition coefficient (Wildman–Crippen LogP) is 2.48. The highest BCUT2D eigenvalue weighted by molar-refractivity contribution is 5.30. The van der Waals surface area contributed by atoms with Crippen molar-refractivity contribution in [2.24, 2.45) is 5.92 Å². The zero-order chi connectivity index (χ0) is 13.1. The van der Waals surface area contributed by atoms with Crippen LogP contribution in [0.5, 0.6) is 0 Å². The number of aliphatic hydroxyl groups excluding tert-OH is 1. The number of rotatable bonds is 3. The Morgan fingerprint density at radius 1 is 1.26 bits per heavy atom. The molecule has 0 amide bonds. The predicted molar refractivity (Wildman–Crippen MR) is 73.0 cm³/mol. The van der Waals surface area contributed by atoms with E-state index in [1.807, 2.05) is 18.2 Å². The second-order valence-electron chi connectivity index (χ2n) is 5.64. The van der Waals surface area contributed by atoms with E-state index in [0.29, 0.717) is 12.5 Å². The molecule has 3 unspecified atom stereocenters. The van der Waals surface area contributed by atoms with Crippen LogP contribution in [0.3, 0.4) is 0 Å². The van der Waals surface area contributed by atoms with Gasteiger partial charge in [-0.3, -0.25) is 0 Å². The van der Waals surface area contributed by atoms with Crippen LogP contribution in [0.1, 0.15) is 36.5 Å². The molecule has 1 aliphatic carbocycles. The highest BCUT2D eigenvalue weighted by Gasteiger charge is 2.27. The molecule has 3 atom stereocenters. The normalized spacial score (nSPS) is 30.9. The molecular weight excluding hydrogens is 240 g/mol. The van der Waals surface area contributed by atoms with Crippen molar-refractivity contribution in [3.05, 3.63) is 35.4 Å². The lowest BCUT2D eigenvalue weighted by molar-refractivity contribution is -0.0541. The minimum atomic E-state index is -0.485. The Morgan fingerprint density at radius 2 is 2.16 bits per heavy atom. The van der Waals surface area contributed by atoms with E-state index in [2.05, 4.69) is 6.07 Å². The molecule has 1 aromatic carbocycles. The monoisotopic (exact) mass is 262 g/mol. The minimum Gasteiger partial charge on any atom is -0.386 e. The lowest BCUT2D eigenvalue weighted by Gasteiger charge is -2.23. The first kappa shape index (κ1) is 13.1. The van der Waals surface area contributed by atoms with Gasteiger partial charge in [-0.15, -0.1) is 0 Å². The molecule has 2 aliphatic rings. The van der Waals surface area contributed by atoms with Gasteiger partial charge in [-0.1, -0.05) is 24.3 Å². The van der Waals surface area contributed by atoms with E-state index >= 15 is 0 Å². The number of aryl methyl sites for hydroxylation is 1. The van der Waals surface area contributed by atoms with Gasteiger partial charge in [0, 0.05) is 12.5 Å². The summed E-state index contributed by atoms with van der Waals surface area (Å²) in [5.41, 5.74) is 2.32. The van der Waals surface area contributed by atoms with Crippen LogP contribution >= 0.6 is 0 Å². The van der Waals surface area contributed by atoms with Gasteiger partial charge in [0.1, 0.15) is 6.10 Å². The maximum Gasteiger partial charge on any atom is 0.105 e. The molecule has 1 aliphatic heterocycles. The quantitative estimate of drug-likeness (QED) is 0.851. The standard InChI is InChI=1S/C16H22O3/c17-16-14-6-2-1-4-13(14)5-3-7-15(16)19-11-12-8-9-18-10-12/h1-2,4,6,12,15-17H,3,5,7-11H2. The maximum atomic E-state index is 10.5. The summed E-state index contributed by atoms with van der Waals surface area (Å²) >= 11 is 0. The Labute approximate surface area is 114 Å². The number of aliphatic hydroxyl groups is 1. The smallest absolute Gasteiger partial charge is 0.105 e. The van der Waals surface area contributed by atoms with Gasteiger partial charge >= 0.3 is 0 Å². The lowest BCUT2D eigenvalue weighted by Crippen LogP contribution is -2.24. The molecule has 1 saturated heterocycles. The summed E-state index contributed by atoms with van der Waals surface area (Å²) in [6.07, 6.45) is 3.59. The third-order valence-corrected chi connectivity index (χ3v) is 4.23. The third-order valence-electron chi connectivity index (χ3n) is 4.23. The van der Waals surface area contributed by atoms with Gasteiger partial charge in [0.2, 0.25) is 0 Å². The molecule has 3 nitrogen and oxygen atoms in total. The van der Waals surface area contributed by atoms with E-state index in [1.54, 1.807) is 0 Å². The number of hydrogen-bond donors (Lipinski definition) is 1. The number of hydrogen-bond acceptors (Lipinski definition) is 3. The second-order valence-corrected chi connectivity index (χ2v) is 5.64. The molecule has 1 heterocycles. The molecule has 0 bridgehead atoms. The Morgan fingerprint density at radius 3 is 3.00 bits per heavy atom. The third kappa shape index (κ3) is 2.99. The van der Waals surface area contributed by atoms with Crippen LogP contribution in [-0.4, -0.2) is 31.0 Å². The summed E-state index contributed by atoms with van der Waals surface area (Å²) in [7, 11) is 0. The molecule has 104 valence electrons. The highest BCUT2D eigenvalue weighted by atomic mass is 16.5. The molecule has 0 radical (unpaired) electrons. The maximum absolute atomic E-state index is 10.5. The van der Waals surface area contributed by atoms with Crippen LogP contribution in [0.25, 0.3) is 0 Å². The number of fused-ring (bicyclic) bond motifs is 1. The Hall–Kier alpha value is -0.900. The average molecular weight is 262 g/mol. The van der Waals surface area contributed by atoms with Gasteiger partial charge in [0.05, 0.1) is 19.3 Å². The Balaban J connectivity index is 1.65. The van der Waals surface area contributed by atoms with E-state index in [1.165, 1.54) is 5.56 Å². The lowest BCUT2D eigenvalue weighted by atomic mass is 10.00. The molecular formula is C16H22O3. The second kappa shape index (κ2) is 6.04. The van der Waals surface area contributed by atoms with E-state index in [9.17, 15) is 5.11 Å². The van der Waals surface area contributed by atoms with Crippen molar-refractivity contribution in [1.29, 1.82) is 0 Å². The van der Waals surface area contributed by atoms with Crippen molar-refractivity contribution in [1.82, 2.24) is 0 Å². The van der Waals surface area contributed by atoms with Crippen LogP contribution in [0.4, 0.5) is 0 Å². The first-order valence-corrected chi connectivity index (χ1v) is 7.30. The van der Waals surface area contributed by atoms with Gasteiger partial charge in [0.15, 0.2) is 0 Å². The van der Waals surface area contributed by atoms with Gasteiger partial charge in [-0.05, 0) is 36.8 Å². The molecule has 3 rings (SSSR count). The van der Waals surface area contributed by atoms with Crippen LogP contribution < -0.4 is 0 Å². The topological polar surface area (TPSA) is 38.7 Å². The minimum absolute atomic E-state index is 0.0655. The SMILES string of the molecule is OC1c2ccccc2CCCC1OCC1CCOC1. The zero-order valence-electron chi connectivity index (χ0n) is 11.3. The fourth-order valence-corrected chi connectivity index (χ4v) is 3.05. The fraction of sp³-hybridized carbons (Fsp3) is 0.625. The molecule has 0 aromatic heterocycles. The molecule has 0 saturated carbocycles. The summed E-state index contributed by atoms with van der Waals surface area (Å²) in [5.74, 6) is 0.505. The molecule has 19 heavy (non-hydrogen) atoms. The van der Waals surface area contributed by atoms with Gasteiger partial charge < -0.3 is 14.6 Å². The Bertz CT molecular complexity index is 412. The van der Waals surface area contributed by atoms with Crippen molar-refractivity contribution < 1.29 is 14.6 Å². The first-order chi connectivity index (χ1) is 9.34. The largest absolute Gasteiger partial charge is 0.386 e. The molecule has 1 aromatic rings. The summed E-state index contributed by atoms with van der Waals surface area (Å²) in [6.45, 7) is 2.37. The molecule has 0 spiro atoms. The van der Waals surface area contributed by atoms with E-state index < -0.39 is 6.10 Å². The molecule has 1 fully saturated rings. The highest BCUT2D eigenvalue weighted by Crippen LogP contribution is 2.31. The fourth-order valence-electron chi connectivity index (χ4n) is 3.05. The summed E-state index contributed by atoms with van der Waals surface area (Å²) in [4.78, 5) is 0. The molecule has 3 heteroatoms. The van der Waals surface area contributed by atoms with Crippen molar-refractivity contribution >= 4 is 0 Å².